The number of para-hydroxylation sites is 2. The van der Waals surface area contributed by atoms with Gasteiger partial charge < -0.3 is 29.5 Å². The second kappa shape index (κ2) is 16.5. The lowest BCUT2D eigenvalue weighted by Crippen LogP contribution is -2.40. The van der Waals surface area contributed by atoms with Crippen LogP contribution in [0.1, 0.15) is 54.0 Å². The van der Waals surface area contributed by atoms with E-state index >= 15 is 0 Å². The fourth-order valence-corrected chi connectivity index (χ4v) is 7.62. The standard InChI is InChI=1S/C39H45F6N5O2.H2O/c1-3-52-22-21-50-34-12-7-6-11-33(34)46-36(50)48-16-8-15-47(19-20-48)17-13-37(14-18-49(35(37)51)27-30-10-5-4-9-28(30)2)26-29-23-31(38(40,41)42)25-32(24-29)39(43,44)45;/h4-7,9-12,23-25H,3,8,13-22,26-27H2,1-2H3;1H2. The van der Waals surface area contributed by atoms with Crippen LogP contribution in [-0.4, -0.2) is 83.2 Å². The predicted molar refractivity (Wildman–Crippen MR) is 192 cm³/mol. The Labute approximate surface area is 305 Å². The number of fused-ring (bicyclic) bond motifs is 1. The molecule has 2 aliphatic rings. The molecule has 53 heavy (non-hydrogen) atoms. The molecule has 14 heteroatoms. The van der Waals surface area contributed by atoms with Crippen LogP contribution in [0.5, 0.6) is 0 Å². The number of amides is 1. The van der Waals surface area contributed by atoms with Crippen LogP contribution in [0, 0.1) is 12.3 Å². The third-order valence-electron chi connectivity index (χ3n) is 10.5. The van der Waals surface area contributed by atoms with Crippen LogP contribution < -0.4 is 4.90 Å². The normalized spacial score (nSPS) is 18.8. The van der Waals surface area contributed by atoms with Crippen molar-refractivity contribution in [3.05, 3.63) is 94.5 Å². The van der Waals surface area contributed by atoms with Gasteiger partial charge in [0, 0.05) is 45.9 Å². The summed E-state index contributed by atoms with van der Waals surface area (Å²) in [6.45, 7) is 9.71. The van der Waals surface area contributed by atoms with Crippen LogP contribution in [-0.2, 0) is 41.4 Å². The number of anilines is 1. The number of aryl methyl sites for hydroxylation is 1. The van der Waals surface area contributed by atoms with Gasteiger partial charge in [-0.25, -0.2) is 4.98 Å². The van der Waals surface area contributed by atoms with E-state index in [1.54, 1.807) is 4.90 Å². The summed E-state index contributed by atoms with van der Waals surface area (Å²) < 4.78 is 90.9. The fourth-order valence-electron chi connectivity index (χ4n) is 7.62. The molecule has 3 heterocycles. The van der Waals surface area contributed by atoms with Crippen molar-refractivity contribution in [2.45, 2.75) is 65.0 Å². The Hall–Kier alpha value is -4.14. The largest absolute Gasteiger partial charge is 0.416 e. The number of benzene rings is 3. The molecule has 2 aliphatic heterocycles. The maximum absolute atomic E-state index is 14.4. The Balaban J connectivity index is 0.00000541. The number of ether oxygens (including phenoxy) is 1. The minimum Gasteiger partial charge on any atom is -0.412 e. The lowest BCUT2D eigenvalue weighted by molar-refractivity contribution is -0.143. The Morgan fingerprint density at radius 2 is 1.55 bits per heavy atom. The van der Waals surface area contributed by atoms with Crippen LogP contribution in [0.4, 0.5) is 32.3 Å². The summed E-state index contributed by atoms with van der Waals surface area (Å²) in [4.78, 5) is 25.5. The van der Waals surface area contributed by atoms with Gasteiger partial charge in [0.25, 0.3) is 0 Å². The molecular formula is C39H47F6N5O3. The first-order chi connectivity index (χ1) is 24.8. The van der Waals surface area contributed by atoms with E-state index in [0.29, 0.717) is 65.3 Å². The number of aromatic nitrogens is 2. The lowest BCUT2D eigenvalue weighted by atomic mass is 9.76. The van der Waals surface area contributed by atoms with Crippen molar-refractivity contribution in [2.75, 3.05) is 57.4 Å². The molecule has 288 valence electrons. The summed E-state index contributed by atoms with van der Waals surface area (Å²) >= 11 is 0. The predicted octanol–water partition coefficient (Wildman–Crippen LogP) is 7.16. The molecule has 0 saturated carbocycles. The van der Waals surface area contributed by atoms with Crippen molar-refractivity contribution in [1.29, 1.82) is 0 Å². The smallest absolute Gasteiger partial charge is 0.412 e. The highest BCUT2D eigenvalue weighted by Gasteiger charge is 2.47. The molecule has 0 aliphatic carbocycles. The van der Waals surface area contributed by atoms with Gasteiger partial charge in [-0.05, 0) is 99.6 Å². The minimum atomic E-state index is -4.97. The number of hydrogen-bond acceptors (Lipinski definition) is 5. The van der Waals surface area contributed by atoms with E-state index in [4.69, 9.17) is 9.72 Å². The molecule has 1 unspecified atom stereocenters. The average Bonchev–Trinajstić information content (AvgIpc) is 3.50. The van der Waals surface area contributed by atoms with Crippen molar-refractivity contribution in [1.82, 2.24) is 19.4 Å². The highest BCUT2D eigenvalue weighted by Crippen LogP contribution is 2.43. The summed E-state index contributed by atoms with van der Waals surface area (Å²) in [5.41, 5.74) is -0.153. The maximum Gasteiger partial charge on any atom is 0.416 e. The van der Waals surface area contributed by atoms with E-state index in [0.717, 1.165) is 59.8 Å². The quantitative estimate of drug-likeness (QED) is 0.114. The first-order valence-corrected chi connectivity index (χ1v) is 17.9. The number of carbonyl (C=O) groups excluding carboxylic acids is 1. The number of rotatable bonds is 12. The van der Waals surface area contributed by atoms with Crippen LogP contribution in [0.15, 0.2) is 66.7 Å². The zero-order valence-corrected chi connectivity index (χ0v) is 30.1. The molecule has 2 N–H and O–H groups in total. The first kappa shape index (κ1) is 40.1. The van der Waals surface area contributed by atoms with Gasteiger partial charge in [0.15, 0.2) is 0 Å². The summed E-state index contributed by atoms with van der Waals surface area (Å²) in [7, 11) is 0. The maximum atomic E-state index is 14.4. The number of hydrogen-bond donors (Lipinski definition) is 0. The van der Waals surface area contributed by atoms with E-state index in [-0.39, 0.29) is 29.4 Å². The summed E-state index contributed by atoms with van der Waals surface area (Å²) in [6, 6.07) is 17.3. The van der Waals surface area contributed by atoms with Crippen molar-refractivity contribution in [3.8, 4) is 0 Å². The molecule has 2 saturated heterocycles. The van der Waals surface area contributed by atoms with Gasteiger partial charge in [0.05, 0.1) is 34.2 Å². The van der Waals surface area contributed by atoms with Crippen molar-refractivity contribution >= 4 is 22.9 Å². The van der Waals surface area contributed by atoms with Gasteiger partial charge in [-0.1, -0.05) is 36.4 Å². The monoisotopic (exact) mass is 747 g/mol. The van der Waals surface area contributed by atoms with Crippen LogP contribution in [0.25, 0.3) is 11.0 Å². The van der Waals surface area contributed by atoms with E-state index in [2.05, 4.69) is 14.4 Å². The molecule has 4 aromatic rings. The van der Waals surface area contributed by atoms with Gasteiger partial charge >= 0.3 is 12.4 Å². The Kier molecular flexibility index (Phi) is 12.5. The van der Waals surface area contributed by atoms with Crippen molar-refractivity contribution in [2.24, 2.45) is 5.41 Å². The molecule has 3 aromatic carbocycles. The number of alkyl halides is 6. The molecule has 6 rings (SSSR count). The highest BCUT2D eigenvalue weighted by atomic mass is 19.4. The summed E-state index contributed by atoms with van der Waals surface area (Å²) in [6.07, 6.45) is -8.70. The number of imidazole rings is 1. The number of likely N-dealkylation sites (tertiary alicyclic amines) is 1. The lowest BCUT2D eigenvalue weighted by Gasteiger charge is -2.32. The fraction of sp³-hybridized carbons (Fsp3) is 0.487. The highest BCUT2D eigenvalue weighted by molar-refractivity contribution is 5.85. The third kappa shape index (κ3) is 9.15. The first-order valence-electron chi connectivity index (χ1n) is 17.9. The molecule has 0 radical (unpaired) electrons. The van der Waals surface area contributed by atoms with Crippen LogP contribution >= 0.6 is 0 Å². The minimum absolute atomic E-state index is 0. The second-order valence-electron chi connectivity index (χ2n) is 14.0. The van der Waals surface area contributed by atoms with Gasteiger partial charge in [-0.2, -0.15) is 26.3 Å². The van der Waals surface area contributed by atoms with Gasteiger partial charge in [0.1, 0.15) is 0 Å². The zero-order valence-electron chi connectivity index (χ0n) is 30.1. The number of nitrogens with zero attached hydrogens (tertiary/aromatic N) is 5. The summed E-state index contributed by atoms with van der Waals surface area (Å²) in [5, 5.41) is 0. The second-order valence-corrected chi connectivity index (χ2v) is 14.0. The van der Waals surface area contributed by atoms with Gasteiger partial charge in [-0.15, -0.1) is 0 Å². The summed E-state index contributed by atoms with van der Waals surface area (Å²) in [5.74, 6) is 0.628. The van der Waals surface area contributed by atoms with E-state index < -0.39 is 28.9 Å². The molecule has 0 spiro atoms. The van der Waals surface area contributed by atoms with E-state index in [1.165, 1.54) is 0 Å². The molecule has 1 atom stereocenters. The van der Waals surface area contributed by atoms with E-state index in [9.17, 15) is 31.1 Å². The topological polar surface area (TPSA) is 85.3 Å². The molecule has 1 aromatic heterocycles. The SMILES string of the molecule is CCOCCn1c(N2CCCN(CCC3(Cc4cc(C(F)(F)F)cc(C(F)(F)F)c4)CCN(Cc4ccccc4C)C3=O)CC2)nc2ccccc21.O. The molecule has 2 fully saturated rings. The van der Waals surface area contributed by atoms with E-state index in [1.807, 2.05) is 62.4 Å². The van der Waals surface area contributed by atoms with Crippen LogP contribution in [0.2, 0.25) is 0 Å². The van der Waals surface area contributed by atoms with Gasteiger partial charge in [-0.3, -0.25) is 4.79 Å². The van der Waals surface area contributed by atoms with Crippen LogP contribution in [0.3, 0.4) is 0 Å². The average molecular weight is 748 g/mol. The number of halogens is 6. The molecule has 1 amide bonds. The van der Waals surface area contributed by atoms with Crippen molar-refractivity contribution < 1.29 is 41.4 Å². The van der Waals surface area contributed by atoms with Gasteiger partial charge in [0.2, 0.25) is 11.9 Å². The Morgan fingerprint density at radius 1 is 0.849 bits per heavy atom. The zero-order chi connectivity index (χ0) is 37.1. The molecule has 0 bridgehead atoms. The Morgan fingerprint density at radius 3 is 2.25 bits per heavy atom. The third-order valence-corrected chi connectivity index (χ3v) is 10.5. The van der Waals surface area contributed by atoms with Crippen molar-refractivity contribution in [3.63, 3.8) is 0 Å². The Bertz CT molecular complexity index is 1830. The number of carbonyl (C=O) groups is 1. The molecular weight excluding hydrogens is 700 g/mol. The molecule has 8 nitrogen and oxygen atoms in total.